The summed E-state index contributed by atoms with van der Waals surface area (Å²) < 4.78 is 0. The van der Waals surface area contributed by atoms with E-state index < -0.39 is 0 Å². The molecule has 0 atom stereocenters. The maximum Gasteiger partial charge on any atom is 0.248 e. The quantitative estimate of drug-likeness (QED) is 0.588. The molecule has 2 rings (SSSR count). The van der Waals surface area contributed by atoms with Gasteiger partial charge in [0.25, 0.3) is 0 Å². The first-order chi connectivity index (χ1) is 5.77. The van der Waals surface area contributed by atoms with Crippen LogP contribution < -0.4 is 5.73 Å². The van der Waals surface area contributed by atoms with E-state index in [1.165, 1.54) is 0 Å². The van der Waals surface area contributed by atoms with Crippen LogP contribution in [0.1, 0.15) is 0 Å². The molecule has 4 nitrogen and oxygen atoms in total. The zero-order valence-corrected chi connectivity index (χ0v) is 6.47. The van der Waals surface area contributed by atoms with E-state index in [0.29, 0.717) is 12.1 Å². The predicted molar refractivity (Wildman–Crippen MR) is 44.1 cm³/mol. The average molecular weight is 163 g/mol. The largest absolute Gasteiger partial charge is 0.366 e. The van der Waals surface area contributed by atoms with E-state index >= 15 is 0 Å². The van der Waals surface area contributed by atoms with Gasteiger partial charge in [-0.1, -0.05) is 0 Å². The van der Waals surface area contributed by atoms with Crippen molar-refractivity contribution < 1.29 is 4.79 Å². The number of rotatable bonds is 1. The SMILES string of the molecule is NC(=O)C1=CN2C=CC=CN2C1. The lowest BCUT2D eigenvalue weighted by molar-refractivity contribution is -0.114. The zero-order chi connectivity index (χ0) is 8.55. The van der Waals surface area contributed by atoms with Crippen LogP contribution in [0.4, 0.5) is 0 Å². The summed E-state index contributed by atoms with van der Waals surface area (Å²) >= 11 is 0. The van der Waals surface area contributed by atoms with Crippen LogP contribution >= 0.6 is 0 Å². The van der Waals surface area contributed by atoms with Gasteiger partial charge >= 0.3 is 0 Å². The monoisotopic (exact) mass is 163 g/mol. The number of nitrogens with zero attached hydrogens (tertiary/aromatic N) is 2. The van der Waals surface area contributed by atoms with Gasteiger partial charge in [-0.05, 0) is 12.2 Å². The number of fused-ring (bicyclic) bond motifs is 1. The highest BCUT2D eigenvalue weighted by Crippen LogP contribution is 2.17. The average Bonchev–Trinajstić information content (AvgIpc) is 2.46. The van der Waals surface area contributed by atoms with Crippen molar-refractivity contribution in [3.8, 4) is 0 Å². The fraction of sp³-hybridized carbons (Fsp3) is 0.125. The molecule has 2 N–H and O–H groups in total. The van der Waals surface area contributed by atoms with Crippen LogP contribution in [-0.2, 0) is 4.79 Å². The van der Waals surface area contributed by atoms with Gasteiger partial charge in [0.05, 0.1) is 12.1 Å². The number of carbonyl (C=O) groups is 1. The van der Waals surface area contributed by atoms with Crippen LogP contribution in [0.25, 0.3) is 0 Å². The lowest BCUT2D eigenvalue weighted by Gasteiger charge is -2.25. The molecule has 4 heteroatoms. The maximum absolute atomic E-state index is 10.8. The van der Waals surface area contributed by atoms with E-state index in [9.17, 15) is 4.79 Å². The third-order valence-corrected chi connectivity index (χ3v) is 1.84. The summed E-state index contributed by atoms with van der Waals surface area (Å²) in [6, 6.07) is 0. The zero-order valence-electron chi connectivity index (χ0n) is 6.47. The minimum atomic E-state index is -0.355. The number of nitrogens with two attached hydrogens (primary N) is 1. The number of primary amides is 1. The second-order valence-electron chi connectivity index (χ2n) is 2.68. The smallest absolute Gasteiger partial charge is 0.248 e. The van der Waals surface area contributed by atoms with Gasteiger partial charge in [-0.25, -0.2) is 0 Å². The van der Waals surface area contributed by atoms with Gasteiger partial charge in [0.15, 0.2) is 0 Å². The molecule has 0 fully saturated rings. The Morgan fingerprint density at radius 3 is 2.83 bits per heavy atom. The van der Waals surface area contributed by atoms with Crippen LogP contribution in [-0.4, -0.2) is 22.5 Å². The number of hydrazine groups is 1. The molecule has 0 bridgehead atoms. The number of hydrogen-bond donors (Lipinski definition) is 1. The third kappa shape index (κ3) is 0.972. The number of carbonyl (C=O) groups excluding carboxylic acids is 1. The highest BCUT2D eigenvalue weighted by molar-refractivity contribution is 5.92. The van der Waals surface area contributed by atoms with Crippen LogP contribution in [0.5, 0.6) is 0 Å². The first-order valence-electron chi connectivity index (χ1n) is 3.68. The molecule has 2 aliphatic heterocycles. The molecule has 0 saturated carbocycles. The molecule has 0 spiro atoms. The molecule has 0 saturated heterocycles. The Hall–Kier alpha value is -1.71. The van der Waals surface area contributed by atoms with Crippen LogP contribution in [0.15, 0.2) is 36.3 Å². The maximum atomic E-state index is 10.8. The Morgan fingerprint density at radius 2 is 2.17 bits per heavy atom. The van der Waals surface area contributed by atoms with Crippen molar-refractivity contribution in [1.29, 1.82) is 0 Å². The molecule has 0 aromatic rings. The summed E-state index contributed by atoms with van der Waals surface area (Å²) in [6.45, 7) is 0.566. The van der Waals surface area contributed by atoms with Gasteiger partial charge in [-0.2, -0.15) is 0 Å². The Balaban J connectivity index is 2.21. The summed E-state index contributed by atoms with van der Waals surface area (Å²) in [4.78, 5) is 10.8. The molecule has 12 heavy (non-hydrogen) atoms. The number of allylic oxidation sites excluding steroid dienone is 2. The molecule has 0 aromatic carbocycles. The second kappa shape index (κ2) is 2.41. The lowest BCUT2D eigenvalue weighted by Crippen LogP contribution is -2.28. The fourth-order valence-electron chi connectivity index (χ4n) is 1.22. The van der Waals surface area contributed by atoms with Crippen molar-refractivity contribution in [1.82, 2.24) is 10.0 Å². The first-order valence-corrected chi connectivity index (χ1v) is 3.68. The standard InChI is InChI=1S/C8H9N3O/c9-8(12)7-5-10-3-1-2-4-11(10)6-7/h1-5H,6H2,(H2,9,12). The Kier molecular flexibility index (Phi) is 1.40. The summed E-state index contributed by atoms with van der Waals surface area (Å²) in [7, 11) is 0. The summed E-state index contributed by atoms with van der Waals surface area (Å²) in [5.41, 5.74) is 5.77. The Morgan fingerprint density at radius 1 is 1.42 bits per heavy atom. The van der Waals surface area contributed by atoms with Gasteiger partial charge in [0.1, 0.15) is 0 Å². The molecule has 0 aromatic heterocycles. The summed E-state index contributed by atoms with van der Waals surface area (Å²) in [6.07, 6.45) is 9.32. The molecular formula is C8H9N3O. The van der Waals surface area contributed by atoms with Crippen LogP contribution in [0.3, 0.4) is 0 Å². The van der Waals surface area contributed by atoms with Gasteiger partial charge in [-0.15, -0.1) is 0 Å². The fourth-order valence-corrected chi connectivity index (χ4v) is 1.22. The van der Waals surface area contributed by atoms with Crippen molar-refractivity contribution in [3.05, 3.63) is 36.3 Å². The van der Waals surface area contributed by atoms with E-state index in [0.717, 1.165) is 0 Å². The summed E-state index contributed by atoms with van der Waals surface area (Å²) in [5, 5.41) is 3.74. The first kappa shape index (κ1) is 6.97. The third-order valence-electron chi connectivity index (χ3n) is 1.84. The van der Waals surface area contributed by atoms with Crippen molar-refractivity contribution in [2.45, 2.75) is 0 Å². The van der Waals surface area contributed by atoms with Crippen molar-refractivity contribution in [2.24, 2.45) is 5.73 Å². The Bertz CT molecular complexity index is 303. The molecule has 0 radical (unpaired) electrons. The molecule has 0 unspecified atom stereocenters. The highest BCUT2D eigenvalue weighted by Gasteiger charge is 2.21. The van der Waals surface area contributed by atoms with E-state index in [2.05, 4.69) is 0 Å². The van der Waals surface area contributed by atoms with Gasteiger partial charge < -0.3 is 5.73 Å². The molecule has 1 amide bonds. The highest BCUT2D eigenvalue weighted by atomic mass is 16.1. The summed E-state index contributed by atoms with van der Waals surface area (Å²) in [5.74, 6) is -0.355. The topological polar surface area (TPSA) is 49.6 Å². The predicted octanol–water partition coefficient (Wildman–Crippen LogP) is -0.0708. The molecular weight excluding hydrogens is 154 g/mol. The number of hydrogen-bond acceptors (Lipinski definition) is 3. The van der Waals surface area contributed by atoms with Crippen LogP contribution in [0.2, 0.25) is 0 Å². The minimum Gasteiger partial charge on any atom is -0.366 e. The van der Waals surface area contributed by atoms with Crippen molar-refractivity contribution >= 4 is 5.91 Å². The van der Waals surface area contributed by atoms with E-state index in [1.807, 2.05) is 34.6 Å². The molecule has 0 aliphatic carbocycles. The lowest BCUT2D eigenvalue weighted by atomic mass is 10.3. The normalized spacial score (nSPS) is 19.5. The van der Waals surface area contributed by atoms with Gasteiger partial charge in [-0.3, -0.25) is 14.8 Å². The molecule has 62 valence electrons. The van der Waals surface area contributed by atoms with Gasteiger partial charge in [0.2, 0.25) is 5.91 Å². The van der Waals surface area contributed by atoms with Gasteiger partial charge in [0, 0.05) is 18.6 Å². The van der Waals surface area contributed by atoms with Crippen molar-refractivity contribution in [3.63, 3.8) is 0 Å². The van der Waals surface area contributed by atoms with Crippen molar-refractivity contribution in [2.75, 3.05) is 6.54 Å². The molecule has 2 aliphatic rings. The van der Waals surface area contributed by atoms with E-state index in [-0.39, 0.29) is 5.91 Å². The van der Waals surface area contributed by atoms with E-state index in [1.54, 1.807) is 6.20 Å². The minimum absolute atomic E-state index is 0.355. The Labute approximate surface area is 70.2 Å². The molecule has 2 heterocycles. The number of amides is 1. The second-order valence-corrected chi connectivity index (χ2v) is 2.68. The van der Waals surface area contributed by atoms with E-state index in [4.69, 9.17) is 5.73 Å². The van der Waals surface area contributed by atoms with Crippen LogP contribution in [0, 0.1) is 0 Å².